The second-order valence-electron chi connectivity index (χ2n) is 4.97. The zero-order valence-corrected chi connectivity index (χ0v) is 10.8. The molecule has 0 radical (unpaired) electrons. The number of benzene rings is 1. The zero-order chi connectivity index (χ0) is 14.1. The number of carbonyl (C=O) groups is 1. The summed E-state index contributed by atoms with van der Waals surface area (Å²) < 4.78 is 5.34. The van der Waals surface area contributed by atoms with Gasteiger partial charge in [0.25, 0.3) is 5.69 Å². The van der Waals surface area contributed by atoms with Crippen molar-refractivity contribution in [3.8, 4) is 0 Å². The van der Waals surface area contributed by atoms with Crippen molar-refractivity contribution in [2.24, 2.45) is 5.92 Å². The second-order valence-corrected chi connectivity index (χ2v) is 4.97. The maximum Gasteiger partial charge on any atom is 0.270 e. The molecule has 1 unspecified atom stereocenters. The van der Waals surface area contributed by atoms with Gasteiger partial charge in [0.05, 0.1) is 11.5 Å². The molecule has 0 spiro atoms. The van der Waals surface area contributed by atoms with Gasteiger partial charge in [0.1, 0.15) is 0 Å². The summed E-state index contributed by atoms with van der Waals surface area (Å²) in [6, 6.07) is 4.50. The molecule has 1 N–H and O–H groups in total. The van der Waals surface area contributed by atoms with E-state index >= 15 is 0 Å². The van der Waals surface area contributed by atoms with Crippen molar-refractivity contribution in [2.75, 3.05) is 13.2 Å². The molecule has 2 aromatic rings. The van der Waals surface area contributed by atoms with Gasteiger partial charge in [-0.05, 0) is 18.9 Å². The minimum Gasteiger partial charge on any atom is -0.381 e. The molecule has 0 amide bonds. The van der Waals surface area contributed by atoms with Crippen molar-refractivity contribution in [1.29, 1.82) is 0 Å². The van der Waals surface area contributed by atoms with E-state index in [0.717, 1.165) is 18.4 Å². The van der Waals surface area contributed by atoms with Crippen LogP contribution >= 0.6 is 0 Å². The fraction of sp³-hybridized carbons (Fsp3) is 0.357. The number of aromatic amines is 1. The van der Waals surface area contributed by atoms with E-state index in [0.29, 0.717) is 24.2 Å². The third-order valence-electron chi connectivity index (χ3n) is 3.67. The van der Waals surface area contributed by atoms with Crippen molar-refractivity contribution >= 4 is 22.4 Å². The molecule has 6 heteroatoms. The summed E-state index contributed by atoms with van der Waals surface area (Å²) in [7, 11) is 0. The summed E-state index contributed by atoms with van der Waals surface area (Å²) in [5.74, 6) is -0.154. The molecule has 1 aliphatic heterocycles. The smallest absolute Gasteiger partial charge is 0.270 e. The fourth-order valence-corrected chi connectivity index (χ4v) is 2.59. The Kier molecular flexibility index (Phi) is 3.23. The maximum atomic E-state index is 12.5. The summed E-state index contributed by atoms with van der Waals surface area (Å²) >= 11 is 0. The molecule has 0 saturated carbocycles. The molecule has 20 heavy (non-hydrogen) atoms. The maximum absolute atomic E-state index is 12.5. The SMILES string of the molecule is O=C(c1c[nH]c2ccc([N+](=O)[O-])cc12)C1CCCOC1. The summed E-state index contributed by atoms with van der Waals surface area (Å²) in [4.78, 5) is 25.9. The average Bonchev–Trinajstić information content (AvgIpc) is 2.90. The molecule has 104 valence electrons. The van der Waals surface area contributed by atoms with Gasteiger partial charge in [0.2, 0.25) is 0 Å². The number of nitro benzene ring substituents is 1. The van der Waals surface area contributed by atoms with Gasteiger partial charge in [0, 0.05) is 47.3 Å². The van der Waals surface area contributed by atoms with Crippen LogP contribution in [0.3, 0.4) is 0 Å². The van der Waals surface area contributed by atoms with Crippen molar-refractivity contribution in [2.45, 2.75) is 12.8 Å². The quantitative estimate of drug-likeness (QED) is 0.529. The number of non-ortho nitro benzene ring substituents is 1. The minimum atomic E-state index is -0.454. The number of nitrogens with one attached hydrogen (secondary N) is 1. The number of ketones is 1. The van der Waals surface area contributed by atoms with Crippen LogP contribution in [0.25, 0.3) is 10.9 Å². The van der Waals surface area contributed by atoms with Crippen LogP contribution in [0.4, 0.5) is 5.69 Å². The zero-order valence-electron chi connectivity index (χ0n) is 10.8. The van der Waals surface area contributed by atoms with E-state index in [9.17, 15) is 14.9 Å². The van der Waals surface area contributed by atoms with E-state index in [2.05, 4.69) is 4.98 Å². The number of aromatic nitrogens is 1. The number of nitro groups is 1. The third-order valence-corrected chi connectivity index (χ3v) is 3.67. The highest BCUT2D eigenvalue weighted by molar-refractivity contribution is 6.09. The Morgan fingerprint density at radius 2 is 2.30 bits per heavy atom. The number of fused-ring (bicyclic) bond motifs is 1. The summed E-state index contributed by atoms with van der Waals surface area (Å²) in [5.41, 5.74) is 1.24. The molecule has 1 atom stereocenters. The monoisotopic (exact) mass is 274 g/mol. The van der Waals surface area contributed by atoms with Gasteiger partial charge in [-0.1, -0.05) is 0 Å². The van der Waals surface area contributed by atoms with Crippen LogP contribution in [-0.2, 0) is 4.74 Å². The molecule has 0 aliphatic carbocycles. The number of Topliss-reactive ketones (excluding diaryl/α,β-unsaturated/α-hetero) is 1. The number of ether oxygens (including phenoxy) is 1. The van der Waals surface area contributed by atoms with Gasteiger partial charge < -0.3 is 9.72 Å². The largest absolute Gasteiger partial charge is 0.381 e. The van der Waals surface area contributed by atoms with Gasteiger partial charge >= 0.3 is 0 Å². The van der Waals surface area contributed by atoms with Crippen LogP contribution in [0.5, 0.6) is 0 Å². The summed E-state index contributed by atoms with van der Waals surface area (Å²) in [5, 5.41) is 11.4. The molecular weight excluding hydrogens is 260 g/mol. The number of hydrogen-bond acceptors (Lipinski definition) is 4. The molecule has 2 heterocycles. The summed E-state index contributed by atoms with van der Waals surface area (Å²) in [6.45, 7) is 1.13. The predicted octanol–water partition coefficient (Wildman–Crippen LogP) is 2.69. The lowest BCUT2D eigenvalue weighted by molar-refractivity contribution is -0.384. The highest BCUT2D eigenvalue weighted by atomic mass is 16.6. The van der Waals surface area contributed by atoms with Gasteiger partial charge in [-0.2, -0.15) is 0 Å². The number of H-pyrrole nitrogens is 1. The van der Waals surface area contributed by atoms with E-state index in [1.165, 1.54) is 12.1 Å². The molecule has 1 aliphatic rings. The van der Waals surface area contributed by atoms with Crippen LogP contribution in [-0.4, -0.2) is 28.9 Å². The van der Waals surface area contributed by atoms with Crippen LogP contribution in [0.1, 0.15) is 23.2 Å². The fourth-order valence-electron chi connectivity index (χ4n) is 2.59. The Morgan fingerprint density at radius 3 is 3.00 bits per heavy atom. The number of rotatable bonds is 3. The van der Waals surface area contributed by atoms with Gasteiger partial charge in [-0.15, -0.1) is 0 Å². The number of carbonyl (C=O) groups excluding carboxylic acids is 1. The average molecular weight is 274 g/mol. The Bertz CT molecular complexity index is 671. The number of hydrogen-bond donors (Lipinski definition) is 1. The Labute approximate surface area is 114 Å². The Hall–Kier alpha value is -2.21. The first kappa shape index (κ1) is 12.8. The van der Waals surface area contributed by atoms with Gasteiger partial charge in [-0.25, -0.2) is 0 Å². The first-order valence-corrected chi connectivity index (χ1v) is 6.54. The second kappa shape index (κ2) is 5.05. The minimum absolute atomic E-state index is 0.00329. The molecule has 1 saturated heterocycles. The van der Waals surface area contributed by atoms with Crippen molar-refractivity contribution in [1.82, 2.24) is 4.98 Å². The Balaban J connectivity index is 2.00. The van der Waals surface area contributed by atoms with Crippen LogP contribution in [0.15, 0.2) is 24.4 Å². The third kappa shape index (κ3) is 2.18. The highest BCUT2D eigenvalue weighted by Crippen LogP contribution is 2.27. The first-order chi connectivity index (χ1) is 9.66. The normalized spacial score (nSPS) is 19.1. The topological polar surface area (TPSA) is 85.2 Å². The van der Waals surface area contributed by atoms with Crippen molar-refractivity contribution < 1.29 is 14.5 Å². The summed E-state index contributed by atoms with van der Waals surface area (Å²) in [6.07, 6.45) is 3.31. The lowest BCUT2D eigenvalue weighted by Crippen LogP contribution is -2.25. The van der Waals surface area contributed by atoms with Crippen LogP contribution in [0.2, 0.25) is 0 Å². The van der Waals surface area contributed by atoms with Crippen LogP contribution in [0, 0.1) is 16.0 Å². The predicted molar refractivity (Wildman–Crippen MR) is 72.8 cm³/mol. The molecule has 1 aromatic carbocycles. The van der Waals surface area contributed by atoms with Crippen LogP contribution < -0.4 is 0 Å². The van der Waals surface area contributed by atoms with E-state index in [-0.39, 0.29) is 17.4 Å². The molecular formula is C14H14N2O4. The molecule has 0 bridgehead atoms. The van der Waals surface area contributed by atoms with E-state index in [4.69, 9.17) is 4.74 Å². The Morgan fingerprint density at radius 1 is 1.45 bits per heavy atom. The van der Waals surface area contributed by atoms with Crippen molar-refractivity contribution in [3.05, 3.63) is 40.1 Å². The molecule has 3 rings (SSSR count). The highest BCUT2D eigenvalue weighted by Gasteiger charge is 2.25. The first-order valence-electron chi connectivity index (χ1n) is 6.54. The molecule has 1 fully saturated rings. The lowest BCUT2D eigenvalue weighted by atomic mass is 9.92. The van der Waals surface area contributed by atoms with Crippen molar-refractivity contribution in [3.63, 3.8) is 0 Å². The van der Waals surface area contributed by atoms with Gasteiger partial charge in [-0.3, -0.25) is 14.9 Å². The lowest BCUT2D eigenvalue weighted by Gasteiger charge is -2.20. The van der Waals surface area contributed by atoms with E-state index in [1.54, 1.807) is 12.3 Å². The van der Waals surface area contributed by atoms with E-state index in [1.807, 2.05) is 0 Å². The van der Waals surface area contributed by atoms with Gasteiger partial charge in [0.15, 0.2) is 5.78 Å². The number of nitrogens with zero attached hydrogens (tertiary/aromatic N) is 1. The van der Waals surface area contributed by atoms with E-state index < -0.39 is 4.92 Å². The molecule has 6 nitrogen and oxygen atoms in total. The molecule has 1 aromatic heterocycles. The standard InChI is InChI=1S/C14H14N2O4/c17-14(9-2-1-5-20-8-9)12-7-15-13-4-3-10(16(18)19)6-11(12)13/h3-4,6-7,9,15H,1-2,5,8H2.